The van der Waals surface area contributed by atoms with Crippen molar-refractivity contribution in [2.24, 2.45) is 0 Å². The molecule has 8 heteroatoms. The maximum atomic E-state index is 13.7. The summed E-state index contributed by atoms with van der Waals surface area (Å²) in [5, 5.41) is 3.57. The number of hydrogen-bond donors (Lipinski definition) is 1. The second-order valence-electron chi connectivity index (χ2n) is 8.66. The molecule has 1 unspecified atom stereocenters. The molecule has 1 aliphatic rings. The number of carbonyl (C=O) groups excluding carboxylic acids is 1. The van der Waals surface area contributed by atoms with Crippen LogP contribution in [0.3, 0.4) is 0 Å². The number of benzene rings is 4. The Kier molecular flexibility index (Phi) is 7.60. The largest absolute Gasteiger partial charge is 0.496 e. The third-order valence-corrected chi connectivity index (χ3v) is 7.83. The van der Waals surface area contributed by atoms with Crippen LogP contribution < -0.4 is 19.7 Å². The average Bonchev–Trinajstić information content (AvgIpc) is 2.88. The number of carbonyl (C=O) groups is 1. The first-order chi connectivity index (χ1) is 17.9. The minimum Gasteiger partial charge on any atom is -0.496 e. The van der Waals surface area contributed by atoms with Gasteiger partial charge in [0.25, 0.3) is 5.91 Å². The van der Waals surface area contributed by atoms with E-state index in [0.717, 1.165) is 41.5 Å². The number of halogens is 3. The minimum atomic E-state index is -0.416. The van der Waals surface area contributed by atoms with Gasteiger partial charge in [0.1, 0.15) is 24.3 Å². The molecule has 188 valence electrons. The zero-order valence-corrected chi connectivity index (χ0v) is 24.9. The van der Waals surface area contributed by atoms with Crippen LogP contribution in [-0.4, -0.2) is 13.0 Å². The van der Waals surface area contributed by atoms with Gasteiger partial charge in [-0.15, -0.1) is 0 Å². The van der Waals surface area contributed by atoms with Crippen molar-refractivity contribution >= 4 is 65.1 Å². The number of ether oxygens (including phenoxy) is 2. The fraction of sp³-hybridized carbons (Fsp3) is 0.138. The molecule has 1 N–H and O–H groups in total. The Morgan fingerprint density at radius 2 is 1.62 bits per heavy atom. The summed E-state index contributed by atoms with van der Waals surface area (Å²) in [7, 11) is 1.64. The van der Waals surface area contributed by atoms with E-state index in [4.69, 9.17) is 9.47 Å². The van der Waals surface area contributed by atoms with Crippen molar-refractivity contribution in [1.29, 1.82) is 0 Å². The molecule has 1 atom stereocenters. The standard InChI is InChI=1S/C29H23Br3N2O3/c1-17-7-10-21(11-8-17)34-28(33-25-6-4-3-5-22(25)29(34)35)18-9-12-26(36-2)19(13-18)16-37-27-23(31)14-20(30)15-24(27)32/h3-15,28,33H,16H2,1-2H3. The van der Waals surface area contributed by atoms with Crippen LogP contribution in [0.1, 0.15) is 33.2 Å². The molecule has 0 saturated heterocycles. The lowest BCUT2D eigenvalue weighted by atomic mass is 10.0. The lowest BCUT2D eigenvalue weighted by Gasteiger charge is -2.38. The summed E-state index contributed by atoms with van der Waals surface area (Å²) in [6.45, 7) is 2.31. The van der Waals surface area contributed by atoms with Gasteiger partial charge >= 0.3 is 0 Å². The van der Waals surface area contributed by atoms with E-state index in [1.54, 1.807) is 12.0 Å². The van der Waals surface area contributed by atoms with Gasteiger partial charge in [-0.2, -0.15) is 0 Å². The number of hydrogen-bond acceptors (Lipinski definition) is 4. The molecule has 0 saturated carbocycles. The normalized spacial score (nSPS) is 14.7. The Morgan fingerprint density at radius 3 is 2.32 bits per heavy atom. The van der Waals surface area contributed by atoms with Crippen LogP contribution in [0.25, 0.3) is 0 Å². The second kappa shape index (κ2) is 10.9. The number of aryl methyl sites for hydroxylation is 1. The van der Waals surface area contributed by atoms with Crippen molar-refractivity contribution < 1.29 is 14.3 Å². The summed E-state index contributed by atoms with van der Waals surface area (Å²) < 4.78 is 14.4. The fourth-order valence-corrected chi connectivity index (χ4v) is 6.84. The third kappa shape index (κ3) is 5.28. The quantitative estimate of drug-likeness (QED) is 0.221. The van der Waals surface area contributed by atoms with Crippen molar-refractivity contribution in [2.75, 3.05) is 17.3 Å². The van der Waals surface area contributed by atoms with Gasteiger partial charge in [0.2, 0.25) is 0 Å². The van der Waals surface area contributed by atoms with E-state index in [1.165, 1.54) is 0 Å². The van der Waals surface area contributed by atoms with Gasteiger partial charge in [-0.1, -0.05) is 51.8 Å². The number of fused-ring (bicyclic) bond motifs is 1. The summed E-state index contributed by atoms with van der Waals surface area (Å²) in [5.41, 5.74) is 5.17. The molecule has 4 aromatic carbocycles. The molecule has 1 heterocycles. The number of nitrogens with zero attached hydrogens (tertiary/aromatic N) is 1. The Labute approximate surface area is 241 Å². The number of anilines is 2. The lowest BCUT2D eigenvalue weighted by molar-refractivity contribution is 0.0975. The molecule has 5 rings (SSSR count). The van der Waals surface area contributed by atoms with Gasteiger partial charge in [-0.05, 0) is 92.9 Å². The molecule has 0 aromatic heterocycles. The van der Waals surface area contributed by atoms with Crippen molar-refractivity contribution in [2.45, 2.75) is 19.7 Å². The van der Waals surface area contributed by atoms with E-state index >= 15 is 0 Å². The van der Waals surface area contributed by atoms with Crippen molar-refractivity contribution in [1.82, 2.24) is 0 Å². The van der Waals surface area contributed by atoms with Gasteiger partial charge in [0, 0.05) is 21.4 Å². The van der Waals surface area contributed by atoms with E-state index in [9.17, 15) is 4.79 Å². The highest BCUT2D eigenvalue weighted by Gasteiger charge is 2.34. The predicted molar refractivity (Wildman–Crippen MR) is 158 cm³/mol. The number of nitrogens with one attached hydrogen (secondary N) is 1. The molecule has 0 radical (unpaired) electrons. The lowest BCUT2D eigenvalue weighted by Crippen LogP contribution is -2.43. The smallest absolute Gasteiger partial charge is 0.262 e. The molecular weight excluding hydrogens is 664 g/mol. The van der Waals surface area contributed by atoms with Crippen molar-refractivity contribution in [3.05, 3.63) is 115 Å². The van der Waals surface area contributed by atoms with Gasteiger partial charge in [-0.25, -0.2) is 0 Å². The second-order valence-corrected chi connectivity index (χ2v) is 11.3. The first-order valence-electron chi connectivity index (χ1n) is 11.6. The van der Waals surface area contributed by atoms with Gasteiger partial charge in [0.05, 0.1) is 21.6 Å². The van der Waals surface area contributed by atoms with Crippen LogP contribution in [0.2, 0.25) is 0 Å². The highest BCUT2D eigenvalue weighted by atomic mass is 79.9. The third-order valence-electron chi connectivity index (χ3n) is 6.19. The maximum absolute atomic E-state index is 13.7. The van der Waals surface area contributed by atoms with Crippen molar-refractivity contribution in [3.8, 4) is 11.5 Å². The first kappa shape index (κ1) is 25.8. The van der Waals surface area contributed by atoms with Gasteiger partial charge < -0.3 is 14.8 Å². The molecule has 37 heavy (non-hydrogen) atoms. The molecule has 4 aromatic rings. The topological polar surface area (TPSA) is 50.8 Å². The van der Waals surface area contributed by atoms with Gasteiger partial charge in [-0.3, -0.25) is 9.69 Å². The van der Waals surface area contributed by atoms with Crippen LogP contribution in [0.5, 0.6) is 11.5 Å². The SMILES string of the molecule is COc1ccc(C2Nc3ccccc3C(=O)N2c2ccc(C)cc2)cc1COc1c(Br)cc(Br)cc1Br. The Bertz CT molecular complexity index is 1450. The molecule has 0 aliphatic carbocycles. The molecule has 1 aliphatic heterocycles. The van der Waals surface area contributed by atoms with E-state index in [0.29, 0.717) is 17.1 Å². The molecule has 0 fully saturated rings. The first-order valence-corrected chi connectivity index (χ1v) is 13.9. The van der Waals surface area contributed by atoms with Crippen LogP contribution >= 0.6 is 47.8 Å². The molecule has 1 amide bonds. The van der Waals surface area contributed by atoms with E-state index in [-0.39, 0.29) is 12.5 Å². The maximum Gasteiger partial charge on any atom is 0.262 e. The number of amides is 1. The average molecular weight is 687 g/mol. The zero-order valence-electron chi connectivity index (χ0n) is 20.1. The highest BCUT2D eigenvalue weighted by Crippen LogP contribution is 2.40. The van der Waals surface area contributed by atoms with E-state index in [1.807, 2.05) is 85.8 Å². The monoisotopic (exact) mass is 684 g/mol. The fourth-order valence-electron chi connectivity index (χ4n) is 4.36. The van der Waals surface area contributed by atoms with Crippen LogP contribution in [0.15, 0.2) is 92.3 Å². The summed E-state index contributed by atoms with van der Waals surface area (Å²) in [6.07, 6.45) is -0.416. The van der Waals surface area contributed by atoms with Crippen molar-refractivity contribution in [3.63, 3.8) is 0 Å². The Morgan fingerprint density at radius 1 is 0.919 bits per heavy atom. The predicted octanol–water partition coefficient (Wildman–Crippen LogP) is 8.64. The van der Waals surface area contributed by atoms with Crippen LogP contribution in [0.4, 0.5) is 11.4 Å². The summed E-state index contributed by atoms with van der Waals surface area (Å²) in [5.74, 6) is 1.34. The molecule has 0 bridgehead atoms. The van der Waals surface area contributed by atoms with Gasteiger partial charge in [0.15, 0.2) is 0 Å². The summed E-state index contributed by atoms with van der Waals surface area (Å²) >= 11 is 10.6. The summed E-state index contributed by atoms with van der Waals surface area (Å²) in [6, 6.07) is 25.4. The molecule has 0 spiro atoms. The zero-order chi connectivity index (χ0) is 26.1. The van der Waals surface area contributed by atoms with E-state index < -0.39 is 6.17 Å². The Hall–Kier alpha value is -2.81. The Balaban J connectivity index is 1.54. The molecular formula is C29H23Br3N2O3. The van der Waals surface area contributed by atoms with Crippen LogP contribution in [0, 0.1) is 6.92 Å². The molecule has 5 nitrogen and oxygen atoms in total. The number of rotatable bonds is 6. The number of methoxy groups -OCH3 is 1. The minimum absolute atomic E-state index is 0.0560. The summed E-state index contributed by atoms with van der Waals surface area (Å²) in [4.78, 5) is 15.5. The highest BCUT2D eigenvalue weighted by molar-refractivity contribution is 9.11. The number of para-hydroxylation sites is 1. The van der Waals surface area contributed by atoms with Crippen LogP contribution in [-0.2, 0) is 6.61 Å². The van der Waals surface area contributed by atoms with E-state index in [2.05, 4.69) is 53.1 Å².